The Labute approximate surface area is 256 Å². The number of aliphatic carboxylic acids is 4. The number of carbonyl (C=O) groups excluding carboxylic acids is 4. The predicted molar refractivity (Wildman–Crippen MR) is 159 cm³/mol. The first-order chi connectivity index (χ1) is 19.6. The quantitative estimate of drug-likeness (QED) is 0.0800. The molecule has 0 aliphatic heterocycles. The van der Waals surface area contributed by atoms with Gasteiger partial charge in [0, 0.05) is 0 Å². The van der Waals surface area contributed by atoms with Crippen molar-refractivity contribution in [2.75, 3.05) is 0 Å². The third-order valence-corrected chi connectivity index (χ3v) is 15.4. The molecule has 0 aromatic carbocycles. The van der Waals surface area contributed by atoms with Crippen LogP contribution in [-0.2, 0) is 19.2 Å². The van der Waals surface area contributed by atoms with Crippen LogP contribution >= 0.6 is 0 Å². The van der Waals surface area contributed by atoms with E-state index >= 15 is 0 Å². The molecule has 0 rings (SSSR count). The zero-order valence-electron chi connectivity index (χ0n) is 25.9. The van der Waals surface area contributed by atoms with Crippen molar-refractivity contribution in [2.45, 2.75) is 150 Å². The first-order valence-corrected chi connectivity index (χ1v) is 21.7. The summed E-state index contributed by atoms with van der Waals surface area (Å²) >= 11 is -1.02. The molecule has 0 bridgehead atoms. The van der Waals surface area contributed by atoms with Gasteiger partial charge in [0.25, 0.3) is 0 Å². The molecule has 0 aliphatic rings. The maximum atomic E-state index is 9.41. The van der Waals surface area contributed by atoms with E-state index in [-0.39, 0.29) is 0 Å². The summed E-state index contributed by atoms with van der Waals surface area (Å²) in [5, 5.41) is 37.7. The van der Waals surface area contributed by atoms with Gasteiger partial charge < -0.3 is 39.6 Å². The van der Waals surface area contributed by atoms with E-state index in [0.717, 1.165) is 0 Å². The van der Waals surface area contributed by atoms with Gasteiger partial charge in [0.05, 0.1) is 23.9 Å². The molecule has 0 aromatic rings. The van der Waals surface area contributed by atoms with Crippen molar-refractivity contribution in [1.82, 2.24) is 0 Å². The fourth-order valence-corrected chi connectivity index (χ4v) is 12.7. The van der Waals surface area contributed by atoms with Crippen LogP contribution < -0.4 is 20.4 Å². The fourth-order valence-electron chi connectivity index (χ4n) is 4.11. The summed E-state index contributed by atoms with van der Waals surface area (Å²) in [7, 11) is 0. The van der Waals surface area contributed by atoms with Crippen LogP contribution in [0, 0.1) is 0 Å². The number of unbranched alkanes of at least 4 members (excludes halogenated alkanes) is 15. The van der Waals surface area contributed by atoms with Gasteiger partial charge in [-0.15, -0.1) is 0 Å². The van der Waals surface area contributed by atoms with Crippen molar-refractivity contribution < 1.29 is 39.6 Å². The van der Waals surface area contributed by atoms with Crippen LogP contribution in [0.3, 0.4) is 0 Å². The molecular formula is C32H55O8Sn. The second-order valence-corrected chi connectivity index (χ2v) is 18.8. The van der Waals surface area contributed by atoms with Crippen molar-refractivity contribution in [3.8, 4) is 0 Å². The molecule has 0 saturated heterocycles. The first kappa shape index (κ1) is 43.6. The molecule has 0 unspecified atom stereocenters. The van der Waals surface area contributed by atoms with E-state index in [4.69, 9.17) is 0 Å². The Morgan fingerprint density at radius 3 is 0.780 bits per heavy atom. The molecule has 0 aromatic heterocycles. The van der Waals surface area contributed by atoms with E-state index in [9.17, 15) is 39.6 Å². The number of hydrogen-bond donors (Lipinski definition) is 0. The standard InChI is InChI=1S/3C8H17.2C4H4O4.Sn/c3*1-3-5-7-8-6-4-2;2*5-3(6)1-2-4(7)8;/h3*1,3-8H2,2H3;2*1-2H,(H,5,6)(H,7,8);/q;;;;;+4/p-4/b;;;2*2-1-;. The first-order valence-electron chi connectivity index (χ1n) is 15.6. The van der Waals surface area contributed by atoms with Crippen molar-refractivity contribution in [2.24, 2.45) is 0 Å². The van der Waals surface area contributed by atoms with Crippen LogP contribution in [0.5, 0.6) is 0 Å². The van der Waals surface area contributed by atoms with Gasteiger partial charge in [-0.05, 0) is 24.3 Å². The number of rotatable bonds is 25. The molecule has 8 nitrogen and oxygen atoms in total. The molecule has 0 atom stereocenters. The minimum Gasteiger partial charge on any atom is -0.545 e. The van der Waals surface area contributed by atoms with E-state index in [2.05, 4.69) is 20.8 Å². The van der Waals surface area contributed by atoms with Crippen LogP contribution in [0.4, 0.5) is 0 Å². The van der Waals surface area contributed by atoms with Crippen molar-refractivity contribution in [3.05, 3.63) is 24.3 Å². The second kappa shape index (κ2) is 36.2. The summed E-state index contributed by atoms with van der Waals surface area (Å²) in [6.45, 7) is 6.98. The van der Waals surface area contributed by atoms with E-state index < -0.39 is 43.6 Å². The van der Waals surface area contributed by atoms with Crippen molar-refractivity contribution in [3.63, 3.8) is 0 Å². The van der Waals surface area contributed by atoms with E-state index in [0.29, 0.717) is 24.3 Å². The molecular weight excluding hydrogens is 631 g/mol. The predicted octanol–water partition coefficient (Wildman–Crippen LogP) is 3.65. The minimum atomic E-state index is -1.55. The molecule has 5 radical (unpaired) electrons. The number of carboxylic acids is 4. The molecule has 41 heavy (non-hydrogen) atoms. The number of carbonyl (C=O) groups is 4. The molecule has 0 fully saturated rings. The Morgan fingerprint density at radius 1 is 0.390 bits per heavy atom. The molecule has 0 spiro atoms. The van der Waals surface area contributed by atoms with Crippen molar-refractivity contribution in [1.29, 1.82) is 0 Å². The van der Waals surface area contributed by atoms with E-state index in [1.165, 1.54) is 96.3 Å². The molecule has 9 heteroatoms. The van der Waals surface area contributed by atoms with Crippen LogP contribution in [0.15, 0.2) is 24.3 Å². The van der Waals surface area contributed by atoms with Crippen molar-refractivity contribution >= 4 is 43.6 Å². The Hall–Kier alpha value is -1.84. The molecule has 0 amide bonds. The van der Waals surface area contributed by atoms with Gasteiger partial charge >= 0.3 is 169 Å². The molecule has 0 saturated carbocycles. The Morgan fingerprint density at radius 2 is 0.585 bits per heavy atom. The van der Waals surface area contributed by atoms with Gasteiger partial charge in [0.2, 0.25) is 0 Å². The summed E-state index contributed by atoms with van der Waals surface area (Å²) < 4.78 is 5.16. The fraction of sp³-hybridized carbons (Fsp3) is 0.750. The Balaban J connectivity index is -0.000000731. The van der Waals surface area contributed by atoms with E-state index in [1.807, 2.05) is 0 Å². The van der Waals surface area contributed by atoms with Gasteiger partial charge in [-0.3, -0.25) is 0 Å². The maximum Gasteiger partial charge on any atom is 0.0643 e. The maximum absolute atomic E-state index is 9.41. The SMILES string of the molecule is CCCCCCC[CH2][Sn+4]([CH2]CCCCCCC)[CH2]CCCCCCC.O=C([O-])/C=C\C(=O)[O-].O=C([O-])/C=C\C(=O)[O-]. The van der Waals surface area contributed by atoms with Crippen LogP contribution in [0.25, 0.3) is 0 Å². The van der Waals surface area contributed by atoms with Gasteiger partial charge in [0.15, 0.2) is 0 Å². The summed E-state index contributed by atoms with van der Waals surface area (Å²) in [5.74, 6) is -6.19. The summed E-state index contributed by atoms with van der Waals surface area (Å²) in [4.78, 5) is 37.7. The molecule has 0 heterocycles. The third-order valence-electron chi connectivity index (χ3n) is 6.36. The summed E-state index contributed by atoms with van der Waals surface area (Å²) in [6, 6.07) is 0. The second-order valence-electron chi connectivity index (χ2n) is 10.2. The Kier molecular flexibility index (Phi) is 38.5. The summed E-state index contributed by atoms with van der Waals surface area (Å²) in [5.41, 5.74) is 0. The smallest absolute Gasteiger partial charge is 0.0643 e. The summed E-state index contributed by atoms with van der Waals surface area (Å²) in [6.07, 6.45) is 28.5. The third kappa shape index (κ3) is 48.2. The Bertz CT molecular complexity index is 587. The zero-order chi connectivity index (χ0) is 31.6. The topological polar surface area (TPSA) is 161 Å². The van der Waals surface area contributed by atoms with Gasteiger partial charge in [0.1, 0.15) is 0 Å². The molecule has 0 aliphatic carbocycles. The molecule has 235 valence electrons. The van der Waals surface area contributed by atoms with Crippen LogP contribution in [0.1, 0.15) is 136 Å². The largest absolute Gasteiger partial charge is 0.545 e. The zero-order valence-corrected chi connectivity index (χ0v) is 28.8. The number of carboxylic acid groups (broad SMARTS) is 4. The minimum absolute atomic E-state index is 0.384. The molecule has 0 N–H and O–H groups in total. The van der Waals surface area contributed by atoms with Crippen LogP contribution in [-0.4, -0.2) is 43.6 Å². The normalized spacial score (nSPS) is 10.7. The van der Waals surface area contributed by atoms with Gasteiger partial charge in [-0.25, -0.2) is 0 Å². The monoisotopic (exact) mass is 687 g/mol. The van der Waals surface area contributed by atoms with Gasteiger partial charge in [-0.2, -0.15) is 0 Å². The van der Waals surface area contributed by atoms with Crippen LogP contribution in [0.2, 0.25) is 13.3 Å². The average molecular weight is 686 g/mol. The van der Waals surface area contributed by atoms with Gasteiger partial charge in [-0.1, -0.05) is 0 Å². The average Bonchev–Trinajstić information content (AvgIpc) is 2.92. The number of hydrogen-bond acceptors (Lipinski definition) is 8. The van der Waals surface area contributed by atoms with E-state index in [1.54, 1.807) is 32.6 Å².